The lowest BCUT2D eigenvalue weighted by Gasteiger charge is -2.15. The third-order valence-electron chi connectivity index (χ3n) is 6.56. The Hall–Kier alpha value is -3.12. The van der Waals surface area contributed by atoms with Crippen LogP contribution in [0.4, 0.5) is 0 Å². The summed E-state index contributed by atoms with van der Waals surface area (Å²) in [5, 5.41) is 0.989. The fourth-order valence-corrected chi connectivity index (χ4v) is 6.98. The zero-order valence-electron chi connectivity index (χ0n) is 22.3. The van der Waals surface area contributed by atoms with Crippen molar-refractivity contribution >= 4 is 41.7 Å². The molecule has 1 saturated heterocycles. The monoisotopic (exact) mass is 601 g/mol. The zero-order chi connectivity index (χ0) is 28.3. The van der Waals surface area contributed by atoms with E-state index in [-0.39, 0.29) is 11.5 Å². The summed E-state index contributed by atoms with van der Waals surface area (Å²) in [5.41, 5.74) is 3.07. The Morgan fingerprint density at radius 1 is 0.775 bits per heavy atom. The summed E-state index contributed by atoms with van der Waals surface area (Å²) < 4.78 is 63.3. The topological polar surface area (TPSA) is 99.2 Å². The van der Waals surface area contributed by atoms with E-state index in [0.29, 0.717) is 13.0 Å². The molecule has 5 rings (SSSR count). The Morgan fingerprint density at radius 3 is 2.02 bits per heavy atom. The molecule has 0 radical (unpaired) electrons. The molecular weight excluding hydrogens is 571 g/mol. The van der Waals surface area contributed by atoms with Gasteiger partial charge in [0.25, 0.3) is 0 Å². The van der Waals surface area contributed by atoms with Crippen molar-refractivity contribution in [2.24, 2.45) is 0 Å². The van der Waals surface area contributed by atoms with Gasteiger partial charge in [-0.3, -0.25) is 4.90 Å². The molecular formula is C29H31NO7S3. The van der Waals surface area contributed by atoms with E-state index in [4.69, 9.17) is 13.1 Å². The predicted molar refractivity (Wildman–Crippen MR) is 159 cm³/mol. The van der Waals surface area contributed by atoms with Crippen LogP contribution in [0.5, 0.6) is 17.2 Å². The van der Waals surface area contributed by atoms with Gasteiger partial charge in [-0.2, -0.15) is 16.8 Å². The van der Waals surface area contributed by atoms with Crippen LogP contribution < -0.4 is 13.1 Å². The summed E-state index contributed by atoms with van der Waals surface area (Å²) in [6.45, 7) is 3.89. The van der Waals surface area contributed by atoms with E-state index < -0.39 is 20.2 Å². The maximum Gasteiger partial charge on any atom is 0.306 e. The lowest BCUT2D eigenvalue weighted by atomic mass is 9.99. The molecule has 1 fully saturated rings. The maximum atomic E-state index is 11.7. The number of hydrogen-bond donors (Lipinski definition) is 0. The largest absolute Gasteiger partial charge is 0.492 e. The number of benzene rings is 3. The lowest BCUT2D eigenvalue weighted by Crippen LogP contribution is -2.25. The van der Waals surface area contributed by atoms with Crippen LogP contribution in [0, 0.1) is 0 Å². The first kappa shape index (κ1) is 28.4. The van der Waals surface area contributed by atoms with Gasteiger partial charge in [-0.25, -0.2) is 0 Å². The summed E-state index contributed by atoms with van der Waals surface area (Å²) in [7, 11) is -7.29. The molecule has 0 N–H and O–H groups in total. The standard InChI is InChI=1S/C29H31NO7S3/c1-39(31,32)36-24-11-7-22(8-12-24)29-27(26-14-13-25(20-28(26)38-29)37-40(2,33)34)19-21-5-9-23(10-6-21)35-18-17-30-15-3-4-16-30/h5-14,20H,3-4,15-19H2,1-2H3. The first-order chi connectivity index (χ1) is 19.0. The Morgan fingerprint density at radius 2 is 1.38 bits per heavy atom. The van der Waals surface area contributed by atoms with Gasteiger partial charge in [-0.05, 0) is 109 Å². The molecule has 1 aromatic heterocycles. The smallest absolute Gasteiger partial charge is 0.306 e. The number of ether oxygens (including phenoxy) is 1. The average Bonchev–Trinajstić information content (AvgIpc) is 3.52. The lowest BCUT2D eigenvalue weighted by molar-refractivity contribution is 0.238. The molecule has 2 heterocycles. The highest BCUT2D eigenvalue weighted by molar-refractivity contribution is 7.86. The molecule has 212 valence electrons. The van der Waals surface area contributed by atoms with Crippen molar-refractivity contribution in [2.45, 2.75) is 19.3 Å². The second-order valence-electron chi connectivity index (χ2n) is 9.88. The molecule has 0 spiro atoms. The first-order valence-electron chi connectivity index (χ1n) is 12.9. The summed E-state index contributed by atoms with van der Waals surface area (Å²) in [6.07, 6.45) is 5.18. The van der Waals surface area contributed by atoms with E-state index in [1.165, 1.54) is 24.2 Å². The normalized spacial score (nSPS) is 14.4. The summed E-state index contributed by atoms with van der Waals surface area (Å²) in [4.78, 5) is 3.41. The maximum absolute atomic E-state index is 11.7. The van der Waals surface area contributed by atoms with E-state index in [1.807, 2.05) is 30.3 Å². The number of fused-ring (bicyclic) bond motifs is 1. The molecule has 11 heteroatoms. The number of thiophene rings is 1. The summed E-state index contributed by atoms with van der Waals surface area (Å²) in [6, 6.07) is 20.2. The molecule has 3 aromatic carbocycles. The van der Waals surface area contributed by atoms with Crippen molar-refractivity contribution in [3.63, 3.8) is 0 Å². The quantitative estimate of drug-likeness (QED) is 0.213. The van der Waals surface area contributed by atoms with E-state index in [0.717, 1.165) is 69.5 Å². The van der Waals surface area contributed by atoms with E-state index >= 15 is 0 Å². The highest BCUT2D eigenvalue weighted by Crippen LogP contribution is 2.42. The van der Waals surface area contributed by atoms with Crippen LogP contribution in [-0.2, 0) is 26.7 Å². The SMILES string of the molecule is CS(=O)(=O)Oc1ccc(-c2sc3cc(OS(C)(=O)=O)ccc3c2Cc2ccc(OCCN3CCCC3)cc2)cc1. The second-order valence-corrected chi connectivity index (χ2v) is 14.1. The van der Waals surface area contributed by atoms with Crippen LogP contribution in [0.2, 0.25) is 0 Å². The minimum absolute atomic E-state index is 0.234. The number of hydrogen-bond acceptors (Lipinski definition) is 9. The zero-order valence-corrected chi connectivity index (χ0v) is 24.8. The van der Waals surface area contributed by atoms with Crippen molar-refractivity contribution in [2.75, 3.05) is 38.8 Å². The van der Waals surface area contributed by atoms with Crippen LogP contribution in [0.15, 0.2) is 66.7 Å². The number of likely N-dealkylation sites (tertiary alicyclic amines) is 1. The van der Waals surface area contributed by atoms with Gasteiger partial charge < -0.3 is 13.1 Å². The first-order valence-corrected chi connectivity index (χ1v) is 17.4. The van der Waals surface area contributed by atoms with Gasteiger partial charge in [0, 0.05) is 16.1 Å². The molecule has 0 aliphatic carbocycles. The van der Waals surface area contributed by atoms with Gasteiger partial charge in [0.15, 0.2) is 0 Å². The summed E-state index contributed by atoms with van der Waals surface area (Å²) >= 11 is 1.52. The Kier molecular flexibility index (Phi) is 8.37. The van der Waals surface area contributed by atoms with Crippen molar-refractivity contribution < 1.29 is 29.9 Å². The molecule has 0 atom stereocenters. The summed E-state index contributed by atoms with van der Waals surface area (Å²) in [5.74, 6) is 1.32. The third-order valence-corrected chi connectivity index (χ3v) is 8.79. The molecule has 1 aliphatic rings. The Balaban J connectivity index is 1.42. The van der Waals surface area contributed by atoms with Crippen molar-refractivity contribution in [1.29, 1.82) is 0 Å². The van der Waals surface area contributed by atoms with Gasteiger partial charge in [0.05, 0.1) is 12.5 Å². The van der Waals surface area contributed by atoms with Crippen LogP contribution in [-0.4, -0.2) is 60.5 Å². The van der Waals surface area contributed by atoms with Gasteiger partial charge in [0.2, 0.25) is 0 Å². The molecule has 0 saturated carbocycles. The fraction of sp³-hybridized carbons (Fsp3) is 0.310. The molecule has 40 heavy (non-hydrogen) atoms. The van der Waals surface area contributed by atoms with Crippen LogP contribution >= 0.6 is 11.3 Å². The predicted octanol–water partition coefficient (Wildman–Crippen LogP) is 5.31. The van der Waals surface area contributed by atoms with Crippen molar-refractivity contribution in [3.8, 4) is 27.7 Å². The molecule has 4 aromatic rings. The van der Waals surface area contributed by atoms with Crippen LogP contribution in [0.25, 0.3) is 20.5 Å². The van der Waals surface area contributed by atoms with Crippen molar-refractivity contribution in [3.05, 3.63) is 77.9 Å². The Labute approximate surface area is 239 Å². The molecule has 0 amide bonds. The van der Waals surface area contributed by atoms with Crippen molar-refractivity contribution in [1.82, 2.24) is 4.90 Å². The van der Waals surface area contributed by atoms with Gasteiger partial charge in [-0.15, -0.1) is 11.3 Å². The fourth-order valence-electron chi connectivity index (χ4n) is 4.81. The molecule has 0 unspecified atom stereocenters. The van der Waals surface area contributed by atoms with E-state index in [9.17, 15) is 16.8 Å². The number of rotatable bonds is 11. The minimum atomic E-state index is -3.66. The third kappa shape index (κ3) is 7.54. The van der Waals surface area contributed by atoms with E-state index in [2.05, 4.69) is 17.0 Å². The highest BCUT2D eigenvalue weighted by Gasteiger charge is 2.17. The number of nitrogens with zero attached hydrogens (tertiary/aromatic N) is 1. The van der Waals surface area contributed by atoms with Crippen LogP contribution in [0.1, 0.15) is 24.0 Å². The van der Waals surface area contributed by atoms with E-state index in [1.54, 1.807) is 24.3 Å². The van der Waals surface area contributed by atoms with Crippen LogP contribution in [0.3, 0.4) is 0 Å². The molecule has 8 nitrogen and oxygen atoms in total. The second kappa shape index (κ2) is 11.8. The van der Waals surface area contributed by atoms with Gasteiger partial charge in [0.1, 0.15) is 23.9 Å². The van der Waals surface area contributed by atoms with Gasteiger partial charge in [-0.1, -0.05) is 12.1 Å². The highest BCUT2D eigenvalue weighted by atomic mass is 32.2. The minimum Gasteiger partial charge on any atom is -0.492 e. The molecule has 1 aliphatic heterocycles. The molecule has 0 bridgehead atoms. The average molecular weight is 602 g/mol. The van der Waals surface area contributed by atoms with Gasteiger partial charge >= 0.3 is 20.2 Å². The Bertz CT molecular complexity index is 1690.